The Bertz CT molecular complexity index is 82.6. The van der Waals surface area contributed by atoms with Gasteiger partial charge in [0, 0.05) is 13.8 Å². The van der Waals surface area contributed by atoms with Crippen molar-refractivity contribution in [1.82, 2.24) is 0 Å². The molecule has 3 heteroatoms. The fraction of sp³-hybridized carbons (Fsp3) is 0.500. The van der Waals surface area contributed by atoms with Gasteiger partial charge < -0.3 is 2.85 Å². The van der Waals surface area contributed by atoms with Crippen LogP contribution in [0.25, 0.3) is 0 Å². The summed E-state index contributed by atoms with van der Waals surface area (Å²) < 4.78 is 0. The van der Waals surface area contributed by atoms with Crippen molar-refractivity contribution in [3.63, 3.8) is 0 Å². The fourth-order valence-corrected chi connectivity index (χ4v) is 0. The molecule has 0 aliphatic rings. The molecule has 0 fully saturated rings. The summed E-state index contributed by atoms with van der Waals surface area (Å²) in [5.74, 6) is -0.759. The van der Waals surface area contributed by atoms with Gasteiger partial charge >= 0.3 is 37.7 Å². The van der Waals surface area contributed by atoms with Crippen molar-refractivity contribution in [2.75, 3.05) is 0 Å². The van der Waals surface area contributed by atoms with Crippen LogP contribution in [0, 0.1) is 0 Å². The Kier molecular flexibility index (Phi) is 7.17. The quantitative estimate of drug-likeness (QED) is 0.368. The Morgan fingerprint density at radius 2 is 1.29 bits per heavy atom. The summed E-state index contributed by atoms with van der Waals surface area (Å²) in [6, 6.07) is 0. The summed E-state index contributed by atoms with van der Waals surface area (Å²) in [5.41, 5.74) is 0. The summed E-state index contributed by atoms with van der Waals surface area (Å²) in [7, 11) is 0. The average molecular weight is 128 g/mol. The zero-order chi connectivity index (χ0) is 5.15. The summed E-state index contributed by atoms with van der Waals surface area (Å²) in [6.07, 6.45) is 0. The number of carbonyl (C=O) groups excluding carboxylic acids is 2. The van der Waals surface area contributed by atoms with Crippen LogP contribution in [0.15, 0.2) is 0 Å². The van der Waals surface area contributed by atoms with Crippen LogP contribution in [0.4, 0.5) is 0 Å². The van der Waals surface area contributed by atoms with Crippen LogP contribution in [-0.2, 0) is 9.59 Å². The van der Waals surface area contributed by atoms with E-state index < -0.39 is 0 Å². The largest absolute Gasteiger partial charge is 2.00 e. The summed E-state index contributed by atoms with van der Waals surface area (Å²) in [4.78, 5) is 19.6. The second-order valence-electron chi connectivity index (χ2n) is 1.11. The first-order valence-corrected chi connectivity index (χ1v) is 1.66. The molecule has 0 bridgehead atoms. The summed E-state index contributed by atoms with van der Waals surface area (Å²) in [6.45, 7) is 2.50. The number of ketones is 2. The van der Waals surface area contributed by atoms with Gasteiger partial charge in [0.05, 0.1) is 0 Å². The molecule has 0 heterocycles. The van der Waals surface area contributed by atoms with Crippen molar-refractivity contribution in [2.45, 2.75) is 13.8 Å². The zero-order valence-electron chi connectivity index (χ0n) is 6.52. The molecular formula is C4H8CaO2. The minimum Gasteiger partial charge on any atom is -1.00 e. The number of hydrogen-bond acceptors (Lipinski definition) is 2. The van der Waals surface area contributed by atoms with Crippen LogP contribution in [0.1, 0.15) is 16.7 Å². The van der Waals surface area contributed by atoms with E-state index >= 15 is 0 Å². The maximum atomic E-state index is 9.79. The normalized spacial score (nSPS) is 6.57. The van der Waals surface area contributed by atoms with Gasteiger partial charge in [0.2, 0.25) is 0 Å². The van der Waals surface area contributed by atoms with E-state index in [9.17, 15) is 9.59 Å². The van der Waals surface area contributed by atoms with E-state index in [1.807, 2.05) is 0 Å². The van der Waals surface area contributed by atoms with Crippen LogP contribution in [0.5, 0.6) is 0 Å². The Morgan fingerprint density at radius 3 is 1.29 bits per heavy atom. The number of carbonyl (C=O) groups is 2. The predicted octanol–water partition coefficient (Wildman–Crippen LogP) is 0.00860. The van der Waals surface area contributed by atoms with Gasteiger partial charge in [-0.15, -0.1) is 0 Å². The maximum Gasteiger partial charge on any atom is 2.00 e. The molecule has 0 aromatic carbocycles. The van der Waals surface area contributed by atoms with Crippen LogP contribution < -0.4 is 0 Å². The van der Waals surface area contributed by atoms with Gasteiger partial charge in [-0.2, -0.15) is 0 Å². The third-order valence-corrected chi connectivity index (χ3v) is 0.496. The van der Waals surface area contributed by atoms with E-state index in [0.717, 1.165) is 0 Å². The van der Waals surface area contributed by atoms with E-state index in [2.05, 4.69) is 0 Å². The smallest absolute Gasteiger partial charge is 1.00 e. The molecule has 0 N–H and O–H groups in total. The predicted molar refractivity (Wildman–Crippen MR) is 29.3 cm³/mol. The Labute approximate surface area is 75.2 Å². The molecule has 0 unspecified atom stereocenters. The molecule has 0 radical (unpaired) electrons. The SMILES string of the molecule is CC(=O)C(C)=O.[Ca+2].[H-].[H-]. The monoisotopic (exact) mass is 128 g/mol. The van der Waals surface area contributed by atoms with E-state index in [1.165, 1.54) is 13.8 Å². The van der Waals surface area contributed by atoms with E-state index in [4.69, 9.17) is 0 Å². The molecule has 0 saturated carbocycles. The molecule has 0 aromatic rings. The van der Waals surface area contributed by atoms with Gasteiger partial charge in [-0.25, -0.2) is 0 Å². The van der Waals surface area contributed by atoms with Gasteiger partial charge in [-0.3, -0.25) is 9.59 Å². The van der Waals surface area contributed by atoms with Crippen molar-refractivity contribution < 1.29 is 12.4 Å². The molecule has 0 aliphatic carbocycles. The van der Waals surface area contributed by atoms with Gasteiger partial charge in [0.15, 0.2) is 11.6 Å². The van der Waals surface area contributed by atoms with Crippen LogP contribution >= 0.6 is 0 Å². The van der Waals surface area contributed by atoms with Crippen molar-refractivity contribution in [3.05, 3.63) is 0 Å². The average Bonchev–Trinajstić information content (AvgIpc) is 1.36. The first-order chi connectivity index (χ1) is 2.64. The third-order valence-electron chi connectivity index (χ3n) is 0.496. The van der Waals surface area contributed by atoms with Crippen molar-refractivity contribution in [1.29, 1.82) is 0 Å². The standard InChI is InChI=1S/C4H6O2.Ca.2H/c1-3(5)4(2)6;;;/h1-2H3;;;/q;+2;2*-1. The topological polar surface area (TPSA) is 34.1 Å². The minimum atomic E-state index is -0.380. The second kappa shape index (κ2) is 4.75. The van der Waals surface area contributed by atoms with Crippen molar-refractivity contribution >= 4 is 49.3 Å². The Balaban J connectivity index is -0.0000000417. The van der Waals surface area contributed by atoms with E-state index in [-0.39, 0.29) is 52.2 Å². The number of rotatable bonds is 1. The van der Waals surface area contributed by atoms with Crippen molar-refractivity contribution in [3.8, 4) is 0 Å². The third kappa shape index (κ3) is 6.60. The first kappa shape index (κ1) is 10.6. The van der Waals surface area contributed by atoms with Gasteiger partial charge in [0.25, 0.3) is 0 Å². The van der Waals surface area contributed by atoms with Crippen molar-refractivity contribution in [2.24, 2.45) is 0 Å². The van der Waals surface area contributed by atoms with E-state index in [1.54, 1.807) is 0 Å². The van der Waals surface area contributed by atoms with Crippen LogP contribution in [0.2, 0.25) is 0 Å². The molecule has 0 amide bonds. The molecule has 2 nitrogen and oxygen atoms in total. The number of hydrogen-bond donors (Lipinski definition) is 0. The fourth-order valence-electron chi connectivity index (χ4n) is 0. The molecule has 0 atom stereocenters. The maximum absolute atomic E-state index is 9.79. The Hall–Kier alpha value is 0.600. The van der Waals surface area contributed by atoms with Gasteiger partial charge in [-0.05, 0) is 0 Å². The molecule has 0 rings (SSSR count). The van der Waals surface area contributed by atoms with E-state index in [0.29, 0.717) is 0 Å². The Morgan fingerprint density at radius 1 is 1.14 bits per heavy atom. The molecule has 38 valence electrons. The molecule has 0 aliphatic heterocycles. The molecule has 0 saturated heterocycles. The first-order valence-electron chi connectivity index (χ1n) is 1.66. The van der Waals surface area contributed by atoms with Gasteiger partial charge in [-0.1, -0.05) is 0 Å². The second-order valence-corrected chi connectivity index (χ2v) is 1.11. The van der Waals surface area contributed by atoms with Crippen LogP contribution in [-0.4, -0.2) is 49.3 Å². The zero-order valence-corrected chi connectivity index (χ0v) is 6.73. The van der Waals surface area contributed by atoms with Crippen LogP contribution in [0.3, 0.4) is 0 Å². The number of Topliss-reactive ketones (excluding diaryl/α,β-unsaturated/α-hetero) is 2. The summed E-state index contributed by atoms with van der Waals surface area (Å²) in [5, 5.41) is 0. The minimum absolute atomic E-state index is 0. The molecular weight excluding hydrogens is 120 g/mol. The van der Waals surface area contributed by atoms with Gasteiger partial charge in [0.1, 0.15) is 0 Å². The molecule has 0 aromatic heterocycles. The molecule has 0 spiro atoms. The summed E-state index contributed by atoms with van der Waals surface area (Å²) >= 11 is 0. The molecule has 7 heavy (non-hydrogen) atoms.